The summed E-state index contributed by atoms with van der Waals surface area (Å²) in [6, 6.07) is 7.59. The minimum absolute atomic E-state index is 0.0535. The summed E-state index contributed by atoms with van der Waals surface area (Å²) in [7, 11) is 0. The summed E-state index contributed by atoms with van der Waals surface area (Å²) in [5.41, 5.74) is 0.857. The number of carbonyl (C=O) groups is 1. The Morgan fingerprint density at radius 2 is 1.78 bits per heavy atom. The summed E-state index contributed by atoms with van der Waals surface area (Å²) >= 11 is 17.5. The smallest absolute Gasteiger partial charge is 0.337 e. The van der Waals surface area contributed by atoms with Gasteiger partial charge in [-0.3, -0.25) is 0 Å². The molecule has 1 heterocycles. The number of hydrogen-bond donors (Lipinski definition) is 1. The van der Waals surface area contributed by atoms with Crippen LogP contribution in [0, 0.1) is 0 Å². The van der Waals surface area contributed by atoms with E-state index in [0.717, 1.165) is 0 Å². The van der Waals surface area contributed by atoms with Gasteiger partial charge in [0, 0.05) is 5.56 Å². The Kier molecular flexibility index (Phi) is 3.76. The maximum Gasteiger partial charge on any atom is 0.337 e. The molecule has 0 bridgehead atoms. The Hall–Kier alpha value is -1.29. The predicted molar refractivity (Wildman–Crippen MR) is 71.7 cm³/mol. The Morgan fingerprint density at radius 1 is 1.06 bits per heavy atom. The summed E-state index contributed by atoms with van der Waals surface area (Å²) in [5, 5.41) is 10.0. The molecule has 0 aliphatic carbocycles. The van der Waals surface area contributed by atoms with Gasteiger partial charge in [0.1, 0.15) is 5.15 Å². The topological polar surface area (TPSA) is 50.2 Å². The minimum atomic E-state index is -1.08. The van der Waals surface area contributed by atoms with Crippen LogP contribution < -0.4 is 0 Å². The van der Waals surface area contributed by atoms with Gasteiger partial charge >= 0.3 is 5.97 Å². The number of benzene rings is 1. The van der Waals surface area contributed by atoms with Gasteiger partial charge in [-0.1, -0.05) is 40.9 Å². The highest BCUT2D eigenvalue weighted by molar-refractivity contribution is 6.42. The average Bonchev–Trinajstić information content (AvgIpc) is 2.32. The van der Waals surface area contributed by atoms with Crippen molar-refractivity contribution in [1.82, 2.24) is 4.98 Å². The second-order valence-electron chi connectivity index (χ2n) is 3.46. The first-order valence-corrected chi connectivity index (χ1v) is 5.97. The number of nitrogens with zero attached hydrogens (tertiary/aromatic N) is 1. The van der Waals surface area contributed by atoms with E-state index in [2.05, 4.69) is 4.98 Å². The second-order valence-corrected chi connectivity index (χ2v) is 4.67. The first-order valence-electron chi connectivity index (χ1n) is 4.84. The summed E-state index contributed by atoms with van der Waals surface area (Å²) in [5.74, 6) is -1.08. The van der Waals surface area contributed by atoms with E-state index in [4.69, 9.17) is 39.9 Å². The van der Waals surface area contributed by atoms with E-state index in [-0.39, 0.29) is 16.4 Å². The van der Waals surface area contributed by atoms with E-state index in [9.17, 15) is 4.79 Å². The van der Waals surface area contributed by atoms with Crippen LogP contribution in [-0.4, -0.2) is 16.1 Å². The van der Waals surface area contributed by atoms with Crippen molar-refractivity contribution in [2.24, 2.45) is 0 Å². The fraction of sp³-hybridized carbons (Fsp3) is 0. The van der Waals surface area contributed by atoms with Gasteiger partial charge in [-0.15, -0.1) is 0 Å². The normalized spacial score (nSPS) is 10.4. The molecule has 0 amide bonds. The lowest BCUT2D eigenvalue weighted by Crippen LogP contribution is -2.01. The molecular weight excluding hydrogens is 296 g/mol. The number of aromatic nitrogens is 1. The van der Waals surface area contributed by atoms with Crippen molar-refractivity contribution in [2.75, 3.05) is 0 Å². The molecule has 0 radical (unpaired) electrons. The zero-order valence-electron chi connectivity index (χ0n) is 8.82. The molecule has 0 unspecified atom stereocenters. The molecule has 0 fully saturated rings. The number of carboxylic acid groups (broad SMARTS) is 1. The van der Waals surface area contributed by atoms with Crippen LogP contribution in [0.4, 0.5) is 0 Å². The van der Waals surface area contributed by atoms with E-state index >= 15 is 0 Å². The summed E-state index contributed by atoms with van der Waals surface area (Å²) < 4.78 is 0. The number of rotatable bonds is 2. The van der Waals surface area contributed by atoms with Crippen molar-refractivity contribution in [1.29, 1.82) is 0 Å². The first kappa shape index (κ1) is 13.1. The lowest BCUT2D eigenvalue weighted by Gasteiger charge is -2.07. The van der Waals surface area contributed by atoms with Gasteiger partial charge in [-0.25, -0.2) is 9.78 Å². The van der Waals surface area contributed by atoms with Crippen molar-refractivity contribution in [3.05, 3.63) is 51.1 Å². The molecule has 2 aromatic rings. The molecule has 1 N–H and O–H groups in total. The van der Waals surface area contributed by atoms with Gasteiger partial charge in [0.25, 0.3) is 0 Å². The zero-order chi connectivity index (χ0) is 13.3. The summed E-state index contributed by atoms with van der Waals surface area (Å²) in [6.07, 6.45) is 0. The lowest BCUT2D eigenvalue weighted by molar-refractivity contribution is 0.0697. The molecule has 0 atom stereocenters. The SMILES string of the molecule is O=C(O)c1ccc(Cl)nc1-c1ccc(Cl)c(Cl)c1. The van der Waals surface area contributed by atoms with Crippen LogP contribution in [0.3, 0.4) is 0 Å². The zero-order valence-corrected chi connectivity index (χ0v) is 11.1. The van der Waals surface area contributed by atoms with Crippen LogP contribution in [0.2, 0.25) is 15.2 Å². The Balaban J connectivity index is 2.65. The summed E-state index contributed by atoms with van der Waals surface area (Å²) in [4.78, 5) is 15.1. The highest BCUT2D eigenvalue weighted by Gasteiger charge is 2.14. The van der Waals surface area contributed by atoms with Gasteiger partial charge in [-0.05, 0) is 24.3 Å². The number of halogens is 3. The average molecular weight is 303 g/mol. The second kappa shape index (κ2) is 5.14. The van der Waals surface area contributed by atoms with Crippen molar-refractivity contribution in [2.45, 2.75) is 0 Å². The molecule has 18 heavy (non-hydrogen) atoms. The van der Waals surface area contributed by atoms with Crippen molar-refractivity contribution in [3.63, 3.8) is 0 Å². The molecule has 2 rings (SSSR count). The van der Waals surface area contributed by atoms with Crippen molar-refractivity contribution < 1.29 is 9.90 Å². The van der Waals surface area contributed by atoms with E-state index in [1.165, 1.54) is 12.1 Å². The van der Waals surface area contributed by atoms with Gasteiger partial charge < -0.3 is 5.11 Å². The standard InChI is InChI=1S/C12H6Cl3NO2/c13-8-3-1-6(5-9(8)14)11-7(12(17)18)2-4-10(15)16-11/h1-5H,(H,17,18). The molecule has 0 aliphatic rings. The maximum absolute atomic E-state index is 11.1. The quantitative estimate of drug-likeness (QED) is 0.836. The number of aromatic carboxylic acids is 1. The van der Waals surface area contributed by atoms with Crippen LogP contribution in [0.15, 0.2) is 30.3 Å². The third kappa shape index (κ3) is 2.58. The number of pyridine rings is 1. The fourth-order valence-corrected chi connectivity index (χ4v) is 1.92. The molecule has 6 heteroatoms. The third-order valence-corrected chi connectivity index (χ3v) is 3.23. The largest absolute Gasteiger partial charge is 0.478 e. The van der Waals surface area contributed by atoms with E-state index in [0.29, 0.717) is 15.6 Å². The van der Waals surface area contributed by atoms with Gasteiger partial charge in [-0.2, -0.15) is 0 Å². The molecule has 0 aliphatic heterocycles. The predicted octanol–water partition coefficient (Wildman–Crippen LogP) is 4.41. The van der Waals surface area contributed by atoms with E-state index in [1.807, 2.05) is 0 Å². The van der Waals surface area contributed by atoms with E-state index < -0.39 is 5.97 Å². The molecule has 1 aromatic heterocycles. The highest BCUT2D eigenvalue weighted by atomic mass is 35.5. The molecule has 92 valence electrons. The molecule has 0 saturated heterocycles. The fourth-order valence-electron chi connectivity index (χ4n) is 1.47. The molecule has 0 saturated carbocycles. The van der Waals surface area contributed by atoms with Crippen LogP contribution in [0.25, 0.3) is 11.3 Å². The first-order chi connectivity index (χ1) is 8.49. The highest BCUT2D eigenvalue weighted by Crippen LogP contribution is 2.30. The molecular formula is C12H6Cl3NO2. The third-order valence-electron chi connectivity index (χ3n) is 2.28. The van der Waals surface area contributed by atoms with Crippen LogP contribution >= 0.6 is 34.8 Å². The van der Waals surface area contributed by atoms with Crippen LogP contribution in [0.5, 0.6) is 0 Å². The summed E-state index contributed by atoms with van der Waals surface area (Å²) in [6.45, 7) is 0. The van der Waals surface area contributed by atoms with Crippen molar-refractivity contribution >= 4 is 40.8 Å². The van der Waals surface area contributed by atoms with Gasteiger partial charge in [0.2, 0.25) is 0 Å². The Morgan fingerprint density at radius 3 is 2.39 bits per heavy atom. The molecule has 1 aromatic carbocycles. The lowest BCUT2D eigenvalue weighted by atomic mass is 10.1. The Bertz CT molecular complexity index is 629. The molecule has 3 nitrogen and oxygen atoms in total. The van der Waals surface area contributed by atoms with Crippen LogP contribution in [-0.2, 0) is 0 Å². The van der Waals surface area contributed by atoms with Crippen LogP contribution in [0.1, 0.15) is 10.4 Å². The monoisotopic (exact) mass is 301 g/mol. The number of carboxylic acids is 1. The Labute approximate surface area is 118 Å². The van der Waals surface area contributed by atoms with Crippen molar-refractivity contribution in [3.8, 4) is 11.3 Å². The van der Waals surface area contributed by atoms with Gasteiger partial charge in [0.15, 0.2) is 0 Å². The molecule has 0 spiro atoms. The maximum atomic E-state index is 11.1. The van der Waals surface area contributed by atoms with Gasteiger partial charge in [0.05, 0.1) is 21.3 Å². The van der Waals surface area contributed by atoms with E-state index in [1.54, 1.807) is 18.2 Å². The minimum Gasteiger partial charge on any atom is -0.478 e. The number of hydrogen-bond acceptors (Lipinski definition) is 2.